The maximum atomic E-state index is 14.1. The summed E-state index contributed by atoms with van der Waals surface area (Å²) in [6, 6.07) is 17.4. The Kier molecular flexibility index (Phi) is 5.60. The van der Waals surface area contributed by atoms with Gasteiger partial charge >= 0.3 is 0 Å². The van der Waals surface area contributed by atoms with E-state index in [4.69, 9.17) is 4.98 Å². The number of nitrogens with one attached hydrogen (secondary N) is 1. The molecule has 1 saturated heterocycles. The Hall–Kier alpha value is -3.15. The maximum Gasteiger partial charge on any atom is 0.225 e. The zero-order valence-corrected chi connectivity index (χ0v) is 16.9. The molecule has 3 aromatic rings. The van der Waals surface area contributed by atoms with E-state index in [1.807, 2.05) is 25.1 Å². The number of para-hydroxylation sites is 1. The topological polar surface area (TPSA) is 44.3 Å². The molecular weight excluding hydrogens is 365 g/mol. The zero-order chi connectivity index (χ0) is 20.2. The molecular formula is C23H26FN5. The molecule has 0 amide bonds. The SMILES string of the molecule is Cc1cccc(CNc2nc(C)cc(N3CCN(c4ccccc4F)CC3)n2)c1. The van der Waals surface area contributed by atoms with Gasteiger partial charge in [-0.3, -0.25) is 0 Å². The molecule has 6 heteroatoms. The molecule has 1 aliphatic rings. The number of nitrogens with zero attached hydrogens (tertiary/aromatic N) is 4. The molecule has 29 heavy (non-hydrogen) atoms. The van der Waals surface area contributed by atoms with Crippen LogP contribution in [0.25, 0.3) is 0 Å². The lowest BCUT2D eigenvalue weighted by Crippen LogP contribution is -2.47. The Bertz CT molecular complexity index is 983. The quantitative estimate of drug-likeness (QED) is 0.707. The van der Waals surface area contributed by atoms with E-state index >= 15 is 0 Å². The Morgan fingerprint density at radius 3 is 2.41 bits per heavy atom. The van der Waals surface area contributed by atoms with E-state index in [0.29, 0.717) is 18.2 Å². The second-order valence-corrected chi connectivity index (χ2v) is 7.46. The van der Waals surface area contributed by atoms with Crippen molar-refractivity contribution in [3.05, 3.63) is 77.2 Å². The molecule has 0 spiro atoms. The largest absolute Gasteiger partial charge is 0.366 e. The van der Waals surface area contributed by atoms with Gasteiger partial charge in [-0.05, 0) is 31.5 Å². The van der Waals surface area contributed by atoms with Crippen molar-refractivity contribution in [3.8, 4) is 0 Å². The first-order chi connectivity index (χ1) is 14.1. The van der Waals surface area contributed by atoms with Gasteiger partial charge in [-0.25, -0.2) is 9.37 Å². The number of aromatic nitrogens is 2. The van der Waals surface area contributed by atoms with Gasteiger partial charge in [0, 0.05) is 44.5 Å². The number of rotatable bonds is 5. The maximum absolute atomic E-state index is 14.1. The molecule has 5 nitrogen and oxygen atoms in total. The summed E-state index contributed by atoms with van der Waals surface area (Å²) in [6.07, 6.45) is 0. The lowest BCUT2D eigenvalue weighted by Gasteiger charge is -2.37. The van der Waals surface area contributed by atoms with E-state index in [-0.39, 0.29) is 5.82 Å². The fourth-order valence-corrected chi connectivity index (χ4v) is 3.68. The summed E-state index contributed by atoms with van der Waals surface area (Å²) in [5.41, 5.74) is 4.04. The number of hydrogen-bond donors (Lipinski definition) is 1. The first kappa shape index (κ1) is 19.2. The first-order valence-electron chi connectivity index (χ1n) is 9.98. The molecule has 0 radical (unpaired) electrons. The first-order valence-corrected chi connectivity index (χ1v) is 9.98. The minimum Gasteiger partial charge on any atom is -0.366 e. The molecule has 2 aromatic carbocycles. The van der Waals surface area contributed by atoms with Crippen molar-refractivity contribution in [2.45, 2.75) is 20.4 Å². The number of halogens is 1. The number of piperazine rings is 1. The van der Waals surface area contributed by atoms with Crippen molar-refractivity contribution >= 4 is 17.5 Å². The van der Waals surface area contributed by atoms with E-state index in [1.165, 1.54) is 17.2 Å². The fourth-order valence-electron chi connectivity index (χ4n) is 3.68. The van der Waals surface area contributed by atoms with Crippen LogP contribution in [0.2, 0.25) is 0 Å². The van der Waals surface area contributed by atoms with Crippen LogP contribution in [-0.4, -0.2) is 36.1 Å². The predicted molar refractivity (Wildman–Crippen MR) is 116 cm³/mol. The van der Waals surface area contributed by atoms with Gasteiger partial charge in [-0.1, -0.05) is 42.0 Å². The normalized spacial score (nSPS) is 14.2. The van der Waals surface area contributed by atoms with Crippen LogP contribution in [0, 0.1) is 19.7 Å². The molecule has 1 fully saturated rings. The minimum atomic E-state index is -0.165. The van der Waals surface area contributed by atoms with Gasteiger partial charge < -0.3 is 15.1 Å². The average Bonchev–Trinajstić information content (AvgIpc) is 2.72. The second kappa shape index (κ2) is 8.47. The zero-order valence-electron chi connectivity index (χ0n) is 16.9. The van der Waals surface area contributed by atoms with Crippen molar-refractivity contribution in [2.24, 2.45) is 0 Å². The van der Waals surface area contributed by atoms with Crippen LogP contribution in [0.5, 0.6) is 0 Å². The van der Waals surface area contributed by atoms with Crippen molar-refractivity contribution in [1.29, 1.82) is 0 Å². The van der Waals surface area contributed by atoms with Crippen LogP contribution in [0.4, 0.5) is 21.8 Å². The summed E-state index contributed by atoms with van der Waals surface area (Å²) < 4.78 is 14.1. The minimum absolute atomic E-state index is 0.165. The van der Waals surface area contributed by atoms with Crippen LogP contribution in [0.15, 0.2) is 54.6 Å². The molecule has 1 aliphatic heterocycles. The van der Waals surface area contributed by atoms with Crippen LogP contribution in [0.1, 0.15) is 16.8 Å². The van der Waals surface area contributed by atoms with Gasteiger partial charge in [0.05, 0.1) is 5.69 Å². The van der Waals surface area contributed by atoms with E-state index < -0.39 is 0 Å². The molecule has 2 heterocycles. The highest BCUT2D eigenvalue weighted by molar-refractivity contribution is 5.51. The van der Waals surface area contributed by atoms with E-state index in [0.717, 1.165) is 37.7 Å². The van der Waals surface area contributed by atoms with Gasteiger partial charge in [0.2, 0.25) is 5.95 Å². The molecule has 4 rings (SSSR count). The number of anilines is 3. The van der Waals surface area contributed by atoms with Crippen LogP contribution >= 0.6 is 0 Å². The van der Waals surface area contributed by atoms with Crippen LogP contribution in [0.3, 0.4) is 0 Å². The van der Waals surface area contributed by atoms with Crippen molar-refractivity contribution in [1.82, 2.24) is 9.97 Å². The van der Waals surface area contributed by atoms with Crippen LogP contribution < -0.4 is 15.1 Å². The summed E-state index contributed by atoms with van der Waals surface area (Å²) in [7, 11) is 0. The number of aryl methyl sites for hydroxylation is 2. The predicted octanol–water partition coefficient (Wildman–Crippen LogP) is 4.17. The fraction of sp³-hybridized carbons (Fsp3) is 0.304. The Labute approximate surface area is 171 Å². The average molecular weight is 391 g/mol. The Morgan fingerprint density at radius 1 is 0.897 bits per heavy atom. The second-order valence-electron chi connectivity index (χ2n) is 7.46. The lowest BCUT2D eigenvalue weighted by atomic mass is 10.1. The highest BCUT2D eigenvalue weighted by Crippen LogP contribution is 2.23. The number of hydrogen-bond acceptors (Lipinski definition) is 5. The summed E-state index contributed by atoms with van der Waals surface area (Å²) >= 11 is 0. The highest BCUT2D eigenvalue weighted by atomic mass is 19.1. The molecule has 0 atom stereocenters. The molecule has 0 unspecified atom stereocenters. The molecule has 0 bridgehead atoms. The summed E-state index contributed by atoms with van der Waals surface area (Å²) in [6.45, 7) is 7.87. The van der Waals surface area contributed by atoms with Gasteiger partial charge in [0.1, 0.15) is 11.6 Å². The molecule has 1 aromatic heterocycles. The summed E-state index contributed by atoms with van der Waals surface area (Å²) in [5, 5.41) is 3.34. The Morgan fingerprint density at radius 2 is 1.66 bits per heavy atom. The van der Waals surface area contributed by atoms with Crippen molar-refractivity contribution in [2.75, 3.05) is 41.3 Å². The monoisotopic (exact) mass is 391 g/mol. The van der Waals surface area contributed by atoms with Gasteiger partial charge in [0.25, 0.3) is 0 Å². The van der Waals surface area contributed by atoms with Gasteiger partial charge in [-0.2, -0.15) is 4.98 Å². The van der Waals surface area contributed by atoms with E-state index in [9.17, 15) is 4.39 Å². The summed E-state index contributed by atoms with van der Waals surface area (Å²) in [5.74, 6) is 1.39. The standard InChI is InChI=1S/C23H26FN5/c1-17-6-5-7-19(14-17)16-25-23-26-18(2)15-22(27-23)29-12-10-28(11-13-29)21-9-4-3-8-20(21)24/h3-9,14-15H,10-13,16H2,1-2H3,(H,25,26,27). The van der Waals surface area contributed by atoms with E-state index in [2.05, 4.69) is 51.3 Å². The molecule has 0 saturated carbocycles. The van der Waals surface area contributed by atoms with Gasteiger partial charge in [-0.15, -0.1) is 0 Å². The highest BCUT2D eigenvalue weighted by Gasteiger charge is 2.21. The van der Waals surface area contributed by atoms with Crippen molar-refractivity contribution in [3.63, 3.8) is 0 Å². The molecule has 1 N–H and O–H groups in total. The smallest absolute Gasteiger partial charge is 0.225 e. The van der Waals surface area contributed by atoms with Gasteiger partial charge in [0.15, 0.2) is 0 Å². The Balaban J connectivity index is 1.42. The van der Waals surface area contributed by atoms with Crippen LogP contribution in [-0.2, 0) is 6.54 Å². The van der Waals surface area contributed by atoms with Crippen molar-refractivity contribution < 1.29 is 4.39 Å². The summed E-state index contributed by atoms with van der Waals surface area (Å²) in [4.78, 5) is 13.6. The third-order valence-electron chi connectivity index (χ3n) is 5.17. The molecule has 0 aliphatic carbocycles. The molecule has 150 valence electrons. The van der Waals surface area contributed by atoms with E-state index in [1.54, 1.807) is 6.07 Å². The third kappa shape index (κ3) is 4.65. The lowest BCUT2D eigenvalue weighted by molar-refractivity contribution is 0.596. The third-order valence-corrected chi connectivity index (χ3v) is 5.17. The number of benzene rings is 2.